The van der Waals surface area contributed by atoms with E-state index < -0.39 is 5.60 Å². The Kier molecular flexibility index (Phi) is 6.06. The number of aromatic nitrogens is 1. The van der Waals surface area contributed by atoms with E-state index in [-0.39, 0.29) is 12.1 Å². The number of rotatable bonds is 3. The second kappa shape index (κ2) is 7.62. The van der Waals surface area contributed by atoms with Gasteiger partial charge in [-0.2, -0.15) is 0 Å². The standard InChI is InChI=1S/C15H24ClN3O2S/c1-15(2,3)21-14(20)19-7-5-4-6-11(10-19)17-9-13-18-8-12(16)22-13/h8,11,17H,4-7,9-10H2,1-3H3. The molecule has 5 nitrogen and oxygen atoms in total. The van der Waals surface area contributed by atoms with Crippen LogP contribution in [0, 0.1) is 0 Å². The molecule has 1 aromatic heterocycles. The minimum atomic E-state index is -0.454. The average Bonchev–Trinajstić information content (AvgIpc) is 2.69. The van der Waals surface area contributed by atoms with E-state index in [9.17, 15) is 4.79 Å². The van der Waals surface area contributed by atoms with Crippen molar-refractivity contribution in [2.45, 2.75) is 58.2 Å². The van der Waals surface area contributed by atoms with Crippen molar-refractivity contribution in [3.05, 3.63) is 15.5 Å². The average molecular weight is 346 g/mol. The second-order valence-electron chi connectivity index (χ2n) is 6.56. The zero-order valence-electron chi connectivity index (χ0n) is 13.4. The molecular formula is C15H24ClN3O2S. The molecule has 1 aliphatic heterocycles. The maximum Gasteiger partial charge on any atom is 0.410 e. The molecule has 0 aliphatic carbocycles. The van der Waals surface area contributed by atoms with Crippen LogP contribution in [-0.2, 0) is 11.3 Å². The van der Waals surface area contributed by atoms with Crippen molar-refractivity contribution in [2.24, 2.45) is 0 Å². The van der Waals surface area contributed by atoms with Gasteiger partial charge in [-0.05, 0) is 33.6 Å². The highest BCUT2D eigenvalue weighted by Crippen LogP contribution is 2.19. The lowest BCUT2D eigenvalue weighted by molar-refractivity contribution is 0.0243. The number of thiazole rings is 1. The van der Waals surface area contributed by atoms with Crippen LogP contribution in [0.1, 0.15) is 45.0 Å². The molecule has 0 aromatic carbocycles. The third-order valence-corrected chi connectivity index (χ3v) is 4.51. The Morgan fingerprint density at radius 1 is 1.55 bits per heavy atom. The summed E-state index contributed by atoms with van der Waals surface area (Å²) < 4.78 is 6.18. The zero-order chi connectivity index (χ0) is 16.2. The Labute approximate surface area is 141 Å². The van der Waals surface area contributed by atoms with Crippen LogP contribution < -0.4 is 5.32 Å². The minimum absolute atomic E-state index is 0.224. The Morgan fingerprint density at radius 2 is 2.32 bits per heavy atom. The molecule has 1 amide bonds. The van der Waals surface area contributed by atoms with Gasteiger partial charge < -0.3 is 15.0 Å². The van der Waals surface area contributed by atoms with Crippen LogP contribution in [-0.4, -0.2) is 40.7 Å². The summed E-state index contributed by atoms with van der Waals surface area (Å²) in [5, 5.41) is 4.45. The smallest absolute Gasteiger partial charge is 0.410 e. The molecule has 1 fully saturated rings. The Balaban J connectivity index is 1.87. The molecule has 7 heteroatoms. The first-order valence-corrected chi connectivity index (χ1v) is 8.84. The van der Waals surface area contributed by atoms with E-state index in [0.29, 0.717) is 17.4 Å². The first-order valence-electron chi connectivity index (χ1n) is 7.65. The lowest BCUT2D eigenvalue weighted by Gasteiger charge is -2.28. The predicted molar refractivity (Wildman–Crippen MR) is 89.4 cm³/mol. The highest BCUT2D eigenvalue weighted by molar-refractivity contribution is 7.15. The van der Waals surface area contributed by atoms with Gasteiger partial charge in [0.15, 0.2) is 0 Å². The van der Waals surface area contributed by atoms with Crippen LogP contribution in [0.4, 0.5) is 4.79 Å². The van der Waals surface area contributed by atoms with Gasteiger partial charge >= 0.3 is 6.09 Å². The number of amides is 1. The number of nitrogens with one attached hydrogen (secondary N) is 1. The molecule has 1 saturated heterocycles. The third-order valence-electron chi connectivity index (χ3n) is 3.39. The first-order chi connectivity index (χ1) is 10.3. The van der Waals surface area contributed by atoms with E-state index in [0.717, 1.165) is 30.8 Å². The number of hydrogen-bond donors (Lipinski definition) is 1. The number of hydrogen-bond acceptors (Lipinski definition) is 5. The fourth-order valence-corrected chi connectivity index (χ4v) is 3.31. The number of carbonyl (C=O) groups is 1. The topological polar surface area (TPSA) is 54.5 Å². The van der Waals surface area contributed by atoms with E-state index in [1.54, 1.807) is 6.20 Å². The van der Waals surface area contributed by atoms with Gasteiger partial charge in [0, 0.05) is 25.7 Å². The summed E-state index contributed by atoms with van der Waals surface area (Å²) >= 11 is 7.38. The maximum atomic E-state index is 12.2. The normalized spacial score (nSPS) is 19.8. The Bertz CT molecular complexity index is 501. The molecule has 1 aliphatic rings. The number of nitrogens with zero attached hydrogens (tertiary/aromatic N) is 2. The van der Waals surface area contributed by atoms with Crippen LogP contribution in [0.3, 0.4) is 0 Å². The van der Waals surface area contributed by atoms with Gasteiger partial charge in [-0.15, -0.1) is 11.3 Å². The minimum Gasteiger partial charge on any atom is -0.444 e. The van der Waals surface area contributed by atoms with Gasteiger partial charge in [0.05, 0.1) is 6.20 Å². The highest BCUT2D eigenvalue weighted by atomic mass is 35.5. The molecule has 124 valence electrons. The summed E-state index contributed by atoms with van der Waals surface area (Å²) in [6, 6.07) is 0.262. The van der Waals surface area contributed by atoms with Crippen molar-refractivity contribution in [1.82, 2.24) is 15.2 Å². The van der Waals surface area contributed by atoms with Gasteiger partial charge in [0.25, 0.3) is 0 Å². The Hall–Kier alpha value is -0.850. The molecule has 0 radical (unpaired) electrons. The van der Waals surface area contributed by atoms with Crippen molar-refractivity contribution in [1.29, 1.82) is 0 Å². The number of ether oxygens (including phenoxy) is 1. The van der Waals surface area contributed by atoms with Gasteiger partial charge in [0.1, 0.15) is 14.9 Å². The largest absolute Gasteiger partial charge is 0.444 e. The fraction of sp³-hybridized carbons (Fsp3) is 0.733. The molecule has 0 saturated carbocycles. The van der Waals surface area contributed by atoms with Crippen LogP contribution >= 0.6 is 22.9 Å². The molecule has 2 heterocycles. The molecule has 0 spiro atoms. The molecule has 22 heavy (non-hydrogen) atoms. The number of carbonyl (C=O) groups excluding carboxylic acids is 1. The summed E-state index contributed by atoms with van der Waals surface area (Å²) in [7, 11) is 0. The lowest BCUT2D eigenvalue weighted by atomic mass is 10.1. The lowest BCUT2D eigenvalue weighted by Crippen LogP contribution is -2.44. The third kappa shape index (κ3) is 5.74. The molecule has 0 bridgehead atoms. The van der Waals surface area contributed by atoms with Gasteiger partial charge in [-0.25, -0.2) is 9.78 Å². The van der Waals surface area contributed by atoms with Crippen molar-refractivity contribution in [3.8, 4) is 0 Å². The quantitative estimate of drug-likeness (QED) is 0.908. The van der Waals surface area contributed by atoms with Crippen LogP contribution in [0.2, 0.25) is 4.34 Å². The van der Waals surface area contributed by atoms with Crippen molar-refractivity contribution in [2.75, 3.05) is 13.1 Å². The first kappa shape index (κ1) is 17.5. The molecule has 1 aromatic rings. The van der Waals surface area contributed by atoms with E-state index in [2.05, 4.69) is 10.3 Å². The summed E-state index contributed by atoms with van der Waals surface area (Å²) in [4.78, 5) is 18.3. The van der Waals surface area contributed by atoms with E-state index in [1.165, 1.54) is 11.3 Å². The monoisotopic (exact) mass is 345 g/mol. The van der Waals surface area contributed by atoms with Crippen LogP contribution in [0.5, 0.6) is 0 Å². The second-order valence-corrected chi connectivity index (χ2v) is 8.30. The summed E-state index contributed by atoms with van der Waals surface area (Å²) in [5.74, 6) is 0. The van der Waals surface area contributed by atoms with E-state index in [1.807, 2.05) is 25.7 Å². The summed E-state index contributed by atoms with van der Waals surface area (Å²) in [5.41, 5.74) is -0.454. The van der Waals surface area contributed by atoms with Gasteiger partial charge in [0.2, 0.25) is 0 Å². The molecule has 1 unspecified atom stereocenters. The number of halogens is 1. The van der Waals surface area contributed by atoms with Crippen LogP contribution in [0.15, 0.2) is 6.20 Å². The predicted octanol–water partition coefficient (Wildman–Crippen LogP) is 3.68. The van der Waals surface area contributed by atoms with Crippen molar-refractivity contribution >= 4 is 29.0 Å². The fourth-order valence-electron chi connectivity index (χ4n) is 2.40. The molecule has 2 rings (SSSR count). The molecule has 1 atom stereocenters. The van der Waals surface area contributed by atoms with E-state index in [4.69, 9.17) is 16.3 Å². The van der Waals surface area contributed by atoms with Gasteiger partial charge in [-0.1, -0.05) is 18.0 Å². The zero-order valence-corrected chi connectivity index (χ0v) is 15.0. The summed E-state index contributed by atoms with van der Waals surface area (Å²) in [6.07, 6.45) is 4.62. The van der Waals surface area contributed by atoms with Gasteiger partial charge in [-0.3, -0.25) is 0 Å². The maximum absolute atomic E-state index is 12.2. The van der Waals surface area contributed by atoms with Crippen molar-refractivity contribution < 1.29 is 9.53 Å². The van der Waals surface area contributed by atoms with Crippen molar-refractivity contribution in [3.63, 3.8) is 0 Å². The molecule has 1 N–H and O–H groups in total. The van der Waals surface area contributed by atoms with Crippen LogP contribution in [0.25, 0.3) is 0 Å². The summed E-state index contributed by atoms with van der Waals surface area (Å²) in [6.45, 7) is 7.80. The SMILES string of the molecule is CC(C)(C)OC(=O)N1CCCCC(NCc2ncc(Cl)s2)C1. The number of likely N-dealkylation sites (tertiary alicyclic amines) is 1. The highest BCUT2D eigenvalue weighted by Gasteiger charge is 2.26. The van der Waals surface area contributed by atoms with E-state index >= 15 is 0 Å². The molecular weight excluding hydrogens is 322 g/mol. The Morgan fingerprint density at radius 3 is 2.95 bits per heavy atom.